The van der Waals surface area contributed by atoms with Crippen molar-refractivity contribution < 1.29 is 28.6 Å². The van der Waals surface area contributed by atoms with Crippen LogP contribution in [0.25, 0.3) is 0 Å². The second-order valence-corrected chi connectivity index (χ2v) is 4.41. The van der Waals surface area contributed by atoms with Gasteiger partial charge in [-0.1, -0.05) is 48.5 Å². The van der Waals surface area contributed by atoms with E-state index in [1.165, 1.54) is 12.1 Å². The minimum atomic E-state index is -1.05. The van der Waals surface area contributed by atoms with Crippen molar-refractivity contribution in [2.24, 2.45) is 0 Å². The van der Waals surface area contributed by atoms with E-state index >= 15 is 0 Å². The van der Waals surface area contributed by atoms with E-state index < -0.39 is 24.8 Å². The van der Waals surface area contributed by atoms with E-state index in [1.54, 1.807) is 48.5 Å². The predicted octanol–water partition coefficient (Wildman–Crippen LogP) is 2.26. The molecule has 0 saturated heterocycles. The Balaban J connectivity index is 1.89. The van der Waals surface area contributed by atoms with E-state index in [1.807, 2.05) is 0 Å². The van der Waals surface area contributed by atoms with Crippen LogP contribution in [-0.2, 0) is 23.8 Å². The summed E-state index contributed by atoms with van der Waals surface area (Å²) in [6.07, 6.45) is -1.05. The SMILES string of the molecule is O=COC(OCC(=O)OC(=O)c1ccccc1)c1ccccc1. The standard InChI is InChI=1S/C17H14O6/c18-12-22-17(14-9-5-2-6-10-14)21-11-15(19)23-16(20)13-7-3-1-4-8-13/h1-10,12,17H,11H2. The number of esters is 2. The molecular formula is C17H14O6. The van der Waals surface area contributed by atoms with Gasteiger partial charge in [0.2, 0.25) is 6.29 Å². The molecule has 0 aliphatic carbocycles. The number of hydrogen-bond acceptors (Lipinski definition) is 6. The van der Waals surface area contributed by atoms with Crippen LogP contribution in [0.4, 0.5) is 0 Å². The van der Waals surface area contributed by atoms with E-state index in [0.29, 0.717) is 5.56 Å². The van der Waals surface area contributed by atoms with Crippen LogP contribution in [0.2, 0.25) is 0 Å². The van der Waals surface area contributed by atoms with Crippen molar-refractivity contribution in [3.05, 3.63) is 71.8 Å². The third-order valence-electron chi connectivity index (χ3n) is 2.82. The highest BCUT2D eigenvalue weighted by atomic mass is 16.7. The lowest BCUT2D eigenvalue weighted by atomic mass is 10.2. The first-order chi connectivity index (χ1) is 11.2. The lowest BCUT2D eigenvalue weighted by Gasteiger charge is -2.15. The Morgan fingerprint density at radius 2 is 1.57 bits per heavy atom. The third-order valence-corrected chi connectivity index (χ3v) is 2.82. The summed E-state index contributed by atoms with van der Waals surface area (Å²) < 4.78 is 14.6. The van der Waals surface area contributed by atoms with Crippen molar-refractivity contribution in [1.29, 1.82) is 0 Å². The van der Waals surface area contributed by atoms with Crippen LogP contribution in [0.5, 0.6) is 0 Å². The van der Waals surface area contributed by atoms with Crippen LogP contribution in [-0.4, -0.2) is 25.0 Å². The van der Waals surface area contributed by atoms with Crippen molar-refractivity contribution in [2.45, 2.75) is 6.29 Å². The fourth-order valence-corrected chi connectivity index (χ4v) is 1.78. The highest BCUT2D eigenvalue weighted by Gasteiger charge is 2.18. The first-order valence-electron chi connectivity index (χ1n) is 6.76. The van der Waals surface area contributed by atoms with Gasteiger partial charge in [-0.25, -0.2) is 9.59 Å². The molecule has 1 atom stereocenters. The molecule has 2 rings (SSSR count). The summed E-state index contributed by atoms with van der Waals surface area (Å²) in [6.45, 7) is -0.315. The minimum Gasteiger partial charge on any atom is -0.433 e. The predicted molar refractivity (Wildman–Crippen MR) is 79.1 cm³/mol. The zero-order valence-corrected chi connectivity index (χ0v) is 12.1. The van der Waals surface area contributed by atoms with E-state index in [0.717, 1.165) is 0 Å². The van der Waals surface area contributed by atoms with Gasteiger partial charge in [0.05, 0.1) is 5.56 Å². The van der Waals surface area contributed by atoms with Crippen LogP contribution in [0.15, 0.2) is 60.7 Å². The normalized spacial score (nSPS) is 11.3. The number of hydrogen-bond donors (Lipinski definition) is 0. The van der Waals surface area contributed by atoms with Gasteiger partial charge in [-0.15, -0.1) is 0 Å². The molecule has 23 heavy (non-hydrogen) atoms. The fourth-order valence-electron chi connectivity index (χ4n) is 1.78. The molecule has 0 radical (unpaired) electrons. The molecule has 2 aromatic rings. The van der Waals surface area contributed by atoms with E-state index in [9.17, 15) is 14.4 Å². The summed E-state index contributed by atoms with van der Waals surface area (Å²) in [4.78, 5) is 33.9. The molecule has 0 aliphatic rings. The first kappa shape index (κ1) is 16.4. The van der Waals surface area contributed by atoms with Gasteiger partial charge < -0.3 is 14.2 Å². The molecule has 0 heterocycles. The van der Waals surface area contributed by atoms with Crippen LogP contribution >= 0.6 is 0 Å². The first-order valence-corrected chi connectivity index (χ1v) is 6.76. The third kappa shape index (κ3) is 5.05. The molecular weight excluding hydrogens is 300 g/mol. The molecule has 0 fully saturated rings. The smallest absolute Gasteiger partial charge is 0.345 e. The van der Waals surface area contributed by atoms with Crippen molar-refractivity contribution in [3.8, 4) is 0 Å². The van der Waals surface area contributed by atoms with Gasteiger partial charge >= 0.3 is 11.9 Å². The van der Waals surface area contributed by atoms with Crippen LogP contribution in [0, 0.1) is 0 Å². The Morgan fingerprint density at radius 3 is 2.17 bits per heavy atom. The quantitative estimate of drug-likeness (QED) is 0.337. The van der Waals surface area contributed by atoms with E-state index in [4.69, 9.17) is 9.47 Å². The Kier molecular flexibility index (Phi) is 6.02. The van der Waals surface area contributed by atoms with Gasteiger partial charge in [0.15, 0.2) is 0 Å². The summed E-state index contributed by atoms with van der Waals surface area (Å²) >= 11 is 0. The molecule has 0 amide bonds. The molecule has 6 nitrogen and oxygen atoms in total. The Bertz CT molecular complexity index is 653. The molecule has 2 aromatic carbocycles. The number of carbonyl (C=O) groups is 3. The monoisotopic (exact) mass is 314 g/mol. The van der Waals surface area contributed by atoms with Crippen LogP contribution in [0.3, 0.4) is 0 Å². The van der Waals surface area contributed by atoms with Crippen molar-refractivity contribution >= 4 is 18.4 Å². The molecule has 6 heteroatoms. The molecule has 0 spiro atoms. The summed E-state index contributed by atoms with van der Waals surface area (Å²) in [5.74, 6) is -1.65. The molecule has 118 valence electrons. The van der Waals surface area contributed by atoms with E-state index in [-0.39, 0.29) is 12.0 Å². The fraction of sp³-hybridized carbons (Fsp3) is 0.118. The Labute approximate surface area is 132 Å². The lowest BCUT2D eigenvalue weighted by molar-refractivity contribution is -0.175. The Hall–Kier alpha value is -2.99. The highest BCUT2D eigenvalue weighted by Crippen LogP contribution is 2.17. The topological polar surface area (TPSA) is 78.9 Å². The highest BCUT2D eigenvalue weighted by molar-refractivity contribution is 5.97. The zero-order valence-electron chi connectivity index (χ0n) is 12.1. The average Bonchev–Trinajstić information content (AvgIpc) is 2.60. The van der Waals surface area contributed by atoms with Gasteiger partial charge in [0.1, 0.15) is 6.61 Å². The van der Waals surface area contributed by atoms with Crippen LogP contribution in [0.1, 0.15) is 22.2 Å². The van der Waals surface area contributed by atoms with Crippen molar-refractivity contribution in [3.63, 3.8) is 0 Å². The van der Waals surface area contributed by atoms with Gasteiger partial charge in [0, 0.05) is 5.56 Å². The largest absolute Gasteiger partial charge is 0.433 e. The van der Waals surface area contributed by atoms with E-state index in [2.05, 4.69) is 4.74 Å². The maximum atomic E-state index is 11.7. The Morgan fingerprint density at radius 1 is 0.957 bits per heavy atom. The summed E-state index contributed by atoms with van der Waals surface area (Å²) in [5.41, 5.74) is 0.811. The zero-order chi connectivity index (χ0) is 16.5. The van der Waals surface area contributed by atoms with Crippen molar-refractivity contribution in [1.82, 2.24) is 0 Å². The molecule has 0 saturated carbocycles. The van der Waals surface area contributed by atoms with Gasteiger partial charge in [-0.05, 0) is 12.1 Å². The molecule has 0 aromatic heterocycles. The maximum absolute atomic E-state index is 11.7. The van der Waals surface area contributed by atoms with Crippen LogP contribution < -0.4 is 0 Å². The summed E-state index contributed by atoms with van der Waals surface area (Å²) in [6, 6.07) is 16.7. The number of rotatable bonds is 7. The maximum Gasteiger partial charge on any atom is 0.345 e. The molecule has 0 N–H and O–H groups in total. The van der Waals surface area contributed by atoms with Gasteiger partial charge in [-0.3, -0.25) is 4.79 Å². The lowest BCUT2D eigenvalue weighted by Crippen LogP contribution is -2.20. The molecule has 0 bridgehead atoms. The van der Waals surface area contributed by atoms with Gasteiger partial charge in [0.25, 0.3) is 6.47 Å². The molecule has 1 unspecified atom stereocenters. The number of carbonyl (C=O) groups excluding carboxylic acids is 3. The second kappa shape index (κ2) is 8.45. The average molecular weight is 314 g/mol. The number of ether oxygens (including phenoxy) is 3. The van der Waals surface area contributed by atoms with Crippen molar-refractivity contribution in [2.75, 3.05) is 6.61 Å². The summed E-state index contributed by atoms with van der Waals surface area (Å²) in [7, 11) is 0. The summed E-state index contributed by atoms with van der Waals surface area (Å²) in [5, 5.41) is 0. The molecule has 0 aliphatic heterocycles. The minimum absolute atomic E-state index is 0.220. The number of benzene rings is 2. The second-order valence-electron chi connectivity index (χ2n) is 4.41. The van der Waals surface area contributed by atoms with Gasteiger partial charge in [-0.2, -0.15) is 0 Å².